The fourth-order valence-corrected chi connectivity index (χ4v) is 2.77. The number of carbonyl (C=O) groups excluding carboxylic acids is 1. The number of ether oxygens (including phenoxy) is 1. The molecule has 5 nitrogen and oxygen atoms in total. The lowest BCUT2D eigenvalue weighted by atomic mass is 10.1. The maximum absolute atomic E-state index is 12.4. The van der Waals surface area contributed by atoms with Crippen LogP contribution in [0.4, 0.5) is 18.9 Å². The minimum Gasteiger partial charge on any atom is -0.418 e. The number of aromatic nitrogens is 1. The predicted molar refractivity (Wildman–Crippen MR) is 79.7 cm³/mol. The van der Waals surface area contributed by atoms with Crippen molar-refractivity contribution >= 4 is 22.6 Å². The summed E-state index contributed by atoms with van der Waals surface area (Å²) in [5, 5.41) is 3.78. The molecule has 0 saturated carbocycles. The van der Waals surface area contributed by atoms with Crippen LogP contribution in [0.25, 0.3) is 10.9 Å². The minimum atomic E-state index is -5.02. The van der Waals surface area contributed by atoms with E-state index in [-0.39, 0.29) is 5.75 Å². The van der Waals surface area contributed by atoms with Gasteiger partial charge in [0, 0.05) is 37.3 Å². The van der Waals surface area contributed by atoms with E-state index in [2.05, 4.69) is 26.9 Å². The van der Waals surface area contributed by atoms with Gasteiger partial charge in [-0.2, -0.15) is 13.2 Å². The van der Waals surface area contributed by atoms with Crippen molar-refractivity contribution < 1.29 is 22.7 Å². The first kappa shape index (κ1) is 15.7. The smallest absolute Gasteiger partial charge is 0.418 e. The summed E-state index contributed by atoms with van der Waals surface area (Å²) in [4.78, 5) is 16.1. The first-order valence-electron chi connectivity index (χ1n) is 7.23. The van der Waals surface area contributed by atoms with Gasteiger partial charge in [-0.3, -0.25) is 0 Å². The van der Waals surface area contributed by atoms with Crippen LogP contribution in [0.2, 0.25) is 0 Å². The van der Waals surface area contributed by atoms with Gasteiger partial charge < -0.3 is 19.9 Å². The Morgan fingerprint density at radius 2 is 2.17 bits per heavy atom. The highest BCUT2D eigenvalue weighted by Gasteiger charge is 2.41. The largest absolute Gasteiger partial charge is 0.491 e. The van der Waals surface area contributed by atoms with E-state index in [1.54, 1.807) is 12.1 Å². The van der Waals surface area contributed by atoms with Crippen LogP contribution in [0.1, 0.15) is 6.92 Å². The molecule has 1 fully saturated rings. The first-order valence-corrected chi connectivity index (χ1v) is 7.23. The molecule has 0 bridgehead atoms. The molecule has 1 saturated heterocycles. The predicted octanol–water partition coefficient (Wildman–Crippen LogP) is 2.43. The number of fused-ring (bicyclic) bond motifs is 1. The Balaban J connectivity index is 1.93. The van der Waals surface area contributed by atoms with Gasteiger partial charge in [0.2, 0.25) is 0 Å². The monoisotopic (exact) mass is 327 g/mol. The van der Waals surface area contributed by atoms with Crippen molar-refractivity contribution in [2.45, 2.75) is 19.1 Å². The lowest BCUT2D eigenvalue weighted by Crippen LogP contribution is -2.49. The molecule has 1 aromatic carbocycles. The summed E-state index contributed by atoms with van der Waals surface area (Å²) < 4.78 is 41.5. The summed E-state index contributed by atoms with van der Waals surface area (Å²) in [6.45, 7) is 4.47. The molecule has 0 amide bonds. The molecule has 0 spiro atoms. The minimum absolute atomic E-state index is 0.118. The fourth-order valence-electron chi connectivity index (χ4n) is 2.77. The van der Waals surface area contributed by atoms with E-state index in [0.29, 0.717) is 16.9 Å². The Morgan fingerprint density at radius 1 is 1.39 bits per heavy atom. The number of benzene rings is 1. The van der Waals surface area contributed by atoms with E-state index in [4.69, 9.17) is 0 Å². The SMILES string of the molecule is C[C@H]1CN(c2cccc3c(OC(=O)C(F)(F)F)c[nH]c23)CCN1. The molecule has 0 unspecified atom stereocenters. The van der Waals surface area contributed by atoms with Crippen molar-refractivity contribution in [2.75, 3.05) is 24.5 Å². The summed E-state index contributed by atoms with van der Waals surface area (Å²) >= 11 is 0. The second kappa shape index (κ2) is 5.77. The quantitative estimate of drug-likeness (QED) is 0.832. The number of aromatic amines is 1. The van der Waals surface area contributed by atoms with Gasteiger partial charge in [0.15, 0.2) is 5.75 Å². The standard InChI is InChI=1S/C15H16F3N3O2/c1-9-8-21(6-5-19-9)11-4-2-3-10-12(7-20-13(10)11)23-14(22)15(16,17)18/h2-4,7,9,19-20H,5-6,8H2,1H3/t9-/m0/s1. The van der Waals surface area contributed by atoms with E-state index in [0.717, 1.165) is 25.3 Å². The number of alkyl halides is 3. The zero-order valence-corrected chi connectivity index (χ0v) is 12.4. The highest BCUT2D eigenvalue weighted by molar-refractivity contribution is 5.97. The van der Waals surface area contributed by atoms with Crippen molar-refractivity contribution in [3.8, 4) is 5.75 Å². The number of nitrogens with one attached hydrogen (secondary N) is 2. The van der Waals surface area contributed by atoms with E-state index < -0.39 is 12.1 Å². The van der Waals surface area contributed by atoms with E-state index in [9.17, 15) is 18.0 Å². The van der Waals surface area contributed by atoms with Gasteiger partial charge >= 0.3 is 12.1 Å². The topological polar surface area (TPSA) is 57.4 Å². The number of rotatable bonds is 2. The molecule has 2 aromatic rings. The highest BCUT2D eigenvalue weighted by Crippen LogP contribution is 2.34. The third-order valence-electron chi connectivity index (χ3n) is 3.80. The molecular weight excluding hydrogens is 311 g/mol. The lowest BCUT2D eigenvalue weighted by molar-refractivity contribution is -0.189. The number of nitrogens with zero attached hydrogens (tertiary/aromatic N) is 1. The molecule has 8 heteroatoms. The third kappa shape index (κ3) is 3.12. The molecule has 3 rings (SSSR count). The molecular formula is C15H16F3N3O2. The van der Waals surface area contributed by atoms with Crippen LogP contribution in [0.5, 0.6) is 5.75 Å². The second-order valence-electron chi connectivity index (χ2n) is 5.54. The molecule has 1 aromatic heterocycles. The molecule has 2 N–H and O–H groups in total. The number of esters is 1. The summed E-state index contributed by atoms with van der Waals surface area (Å²) in [5.74, 6) is -2.34. The molecule has 0 radical (unpaired) electrons. The van der Waals surface area contributed by atoms with Crippen LogP contribution in [0, 0.1) is 0 Å². The molecule has 124 valence electrons. The van der Waals surface area contributed by atoms with Crippen molar-refractivity contribution in [3.05, 3.63) is 24.4 Å². The molecule has 23 heavy (non-hydrogen) atoms. The number of halogens is 3. The summed E-state index contributed by atoms with van der Waals surface area (Å²) in [6, 6.07) is 5.58. The van der Waals surface area contributed by atoms with Gasteiger partial charge in [-0.05, 0) is 19.1 Å². The van der Waals surface area contributed by atoms with Crippen LogP contribution < -0.4 is 15.0 Å². The van der Waals surface area contributed by atoms with Crippen LogP contribution in [0.3, 0.4) is 0 Å². The van der Waals surface area contributed by atoms with Crippen molar-refractivity contribution in [1.29, 1.82) is 0 Å². The summed E-state index contributed by atoms with van der Waals surface area (Å²) in [5.41, 5.74) is 1.54. The highest BCUT2D eigenvalue weighted by atomic mass is 19.4. The number of piperazine rings is 1. The Bertz CT molecular complexity index is 726. The number of para-hydroxylation sites is 1. The van der Waals surface area contributed by atoms with E-state index >= 15 is 0 Å². The Hall–Kier alpha value is -2.22. The van der Waals surface area contributed by atoms with Crippen molar-refractivity contribution in [2.24, 2.45) is 0 Å². The Labute approximate surface area is 130 Å². The second-order valence-corrected chi connectivity index (χ2v) is 5.54. The molecule has 1 aliphatic heterocycles. The molecule has 1 aliphatic rings. The maximum Gasteiger partial charge on any atom is 0.491 e. The molecule has 1 atom stereocenters. The average molecular weight is 327 g/mol. The zero-order valence-electron chi connectivity index (χ0n) is 12.4. The fraction of sp³-hybridized carbons (Fsp3) is 0.400. The normalized spacial score (nSPS) is 19.1. The van der Waals surface area contributed by atoms with Crippen LogP contribution in [-0.2, 0) is 4.79 Å². The average Bonchev–Trinajstić information content (AvgIpc) is 2.89. The Kier molecular flexibility index (Phi) is 3.93. The number of carbonyl (C=O) groups is 1. The van der Waals surface area contributed by atoms with Crippen molar-refractivity contribution in [3.63, 3.8) is 0 Å². The first-order chi connectivity index (χ1) is 10.9. The van der Waals surface area contributed by atoms with E-state index in [1.807, 2.05) is 6.07 Å². The zero-order chi connectivity index (χ0) is 16.6. The van der Waals surface area contributed by atoms with Gasteiger partial charge in [-0.1, -0.05) is 6.07 Å². The number of hydrogen-bond donors (Lipinski definition) is 2. The van der Waals surface area contributed by atoms with Crippen LogP contribution in [-0.4, -0.2) is 42.8 Å². The third-order valence-corrected chi connectivity index (χ3v) is 3.80. The van der Waals surface area contributed by atoms with Crippen LogP contribution in [0.15, 0.2) is 24.4 Å². The lowest BCUT2D eigenvalue weighted by Gasteiger charge is -2.33. The van der Waals surface area contributed by atoms with Gasteiger partial charge in [0.1, 0.15) is 0 Å². The van der Waals surface area contributed by atoms with Gasteiger partial charge in [-0.25, -0.2) is 4.79 Å². The molecule has 0 aliphatic carbocycles. The summed E-state index contributed by atoms with van der Waals surface area (Å²) in [6.07, 6.45) is -3.74. The summed E-state index contributed by atoms with van der Waals surface area (Å²) in [7, 11) is 0. The van der Waals surface area contributed by atoms with Crippen molar-refractivity contribution in [1.82, 2.24) is 10.3 Å². The number of anilines is 1. The number of hydrogen-bond acceptors (Lipinski definition) is 4. The van der Waals surface area contributed by atoms with Gasteiger partial charge in [0.05, 0.1) is 11.2 Å². The number of H-pyrrole nitrogens is 1. The maximum atomic E-state index is 12.4. The van der Waals surface area contributed by atoms with Gasteiger partial charge in [0.25, 0.3) is 0 Å². The Morgan fingerprint density at radius 3 is 2.87 bits per heavy atom. The molecule has 2 heterocycles. The van der Waals surface area contributed by atoms with Crippen LogP contribution >= 0.6 is 0 Å². The van der Waals surface area contributed by atoms with E-state index in [1.165, 1.54) is 6.20 Å². The van der Waals surface area contributed by atoms with Gasteiger partial charge in [-0.15, -0.1) is 0 Å².